The third-order valence-electron chi connectivity index (χ3n) is 13.8. The molecule has 0 bridgehead atoms. The third kappa shape index (κ3) is 4.41. The highest BCUT2D eigenvalue weighted by molar-refractivity contribution is 6.28. The number of hydrogen-bond acceptors (Lipinski definition) is 0. The van der Waals surface area contributed by atoms with E-state index in [4.69, 9.17) is 0 Å². The van der Waals surface area contributed by atoms with E-state index in [1.165, 1.54) is 121 Å². The Morgan fingerprint density at radius 2 is 0.534 bits per heavy atom. The lowest BCUT2D eigenvalue weighted by Crippen LogP contribution is -2.16. The normalized spacial score (nSPS) is 14.5. The summed E-state index contributed by atoms with van der Waals surface area (Å²) in [5.41, 5.74) is 21.1. The van der Waals surface area contributed by atoms with Crippen molar-refractivity contribution in [3.05, 3.63) is 204 Å². The van der Waals surface area contributed by atoms with Gasteiger partial charge in [-0.3, -0.25) is 0 Å². The van der Waals surface area contributed by atoms with Gasteiger partial charge < -0.3 is 0 Å². The first-order valence-corrected chi connectivity index (χ1v) is 20.7. The molecule has 0 saturated carbocycles. The molecule has 10 aromatic rings. The fraction of sp³-hybridized carbons (Fsp3) is 0.103. The molecule has 12 rings (SSSR count). The van der Waals surface area contributed by atoms with E-state index in [0.717, 1.165) is 0 Å². The zero-order valence-corrected chi connectivity index (χ0v) is 33.3. The molecule has 0 radical (unpaired) electrons. The molecule has 0 heterocycles. The first-order valence-electron chi connectivity index (χ1n) is 20.7. The first-order chi connectivity index (χ1) is 28.3. The largest absolute Gasteiger partial charge is 0.0619 e. The van der Waals surface area contributed by atoms with E-state index in [9.17, 15) is 0 Å². The van der Waals surface area contributed by atoms with Crippen molar-refractivity contribution in [1.82, 2.24) is 0 Å². The molecule has 0 nitrogen and oxygen atoms in total. The Morgan fingerprint density at radius 3 is 0.931 bits per heavy atom. The Labute approximate surface area is 340 Å². The maximum Gasteiger partial charge on any atom is 0.0165 e. The van der Waals surface area contributed by atoms with Gasteiger partial charge in [0, 0.05) is 10.8 Å². The van der Waals surface area contributed by atoms with E-state index in [1.54, 1.807) is 0 Å². The van der Waals surface area contributed by atoms with Crippen LogP contribution in [-0.4, -0.2) is 0 Å². The molecule has 2 aliphatic carbocycles. The molecule has 58 heavy (non-hydrogen) atoms. The summed E-state index contributed by atoms with van der Waals surface area (Å²) >= 11 is 0. The van der Waals surface area contributed by atoms with Crippen LogP contribution in [0.2, 0.25) is 0 Å². The monoisotopic (exact) mass is 738 g/mol. The van der Waals surface area contributed by atoms with E-state index in [2.05, 4.69) is 210 Å². The van der Waals surface area contributed by atoms with Gasteiger partial charge in [-0.05, 0) is 121 Å². The second-order valence-corrected chi connectivity index (χ2v) is 17.5. The van der Waals surface area contributed by atoms with Crippen molar-refractivity contribution in [2.45, 2.75) is 38.5 Å². The highest BCUT2D eigenvalue weighted by Gasteiger charge is 2.39. The molecule has 0 N–H and O–H groups in total. The molecular formula is C58H42. The van der Waals surface area contributed by atoms with Gasteiger partial charge in [0.15, 0.2) is 0 Å². The minimum Gasteiger partial charge on any atom is -0.0619 e. The Hall–Kier alpha value is -6.76. The Balaban J connectivity index is 1.06. The molecule has 0 saturated heterocycles. The molecule has 0 unspecified atom stereocenters. The van der Waals surface area contributed by atoms with Crippen LogP contribution in [0.1, 0.15) is 49.9 Å². The zero-order chi connectivity index (χ0) is 38.9. The lowest BCUT2D eigenvalue weighted by atomic mass is 9.77. The Bertz CT molecular complexity index is 3110. The molecule has 10 aromatic carbocycles. The van der Waals surface area contributed by atoms with Crippen LogP contribution >= 0.6 is 0 Å². The van der Waals surface area contributed by atoms with Gasteiger partial charge in [0.2, 0.25) is 0 Å². The van der Waals surface area contributed by atoms with Gasteiger partial charge in [0.1, 0.15) is 0 Å². The second kappa shape index (κ2) is 11.9. The highest BCUT2D eigenvalue weighted by Crippen LogP contribution is 2.55. The van der Waals surface area contributed by atoms with Crippen molar-refractivity contribution in [2.75, 3.05) is 0 Å². The lowest BCUT2D eigenvalue weighted by molar-refractivity contribution is 0.662. The molecule has 0 aliphatic heterocycles. The van der Waals surface area contributed by atoms with Gasteiger partial charge in [0.25, 0.3) is 0 Å². The molecule has 2 aliphatic rings. The van der Waals surface area contributed by atoms with Crippen LogP contribution in [0.25, 0.3) is 99.1 Å². The van der Waals surface area contributed by atoms with Crippen LogP contribution in [0.4, 0.5) is 0 Å². The summed E-state index contributed by atoms with van der Waals surface area (Å²) in [6.45, 7) is 9.56. The van der Waals surface area contributed by atoms with E-state index in [-0.39, 0.29) is 10.8 Å². The van der Waals surface area contributed by atoms with Crippen LogP contribution in [0.15, 0.2) is 182 Å². The maximum absolute atomic E-state index is 2.39. The average molecular weight is 739 g/mol. The Morgan fingerprint density at radius 1 is 0.241 bits per heavy atom. The van der Waals surface area contributed by atoms with Gasteiger partial charge in [-0.2, -0.15) is 0 Å². The molecule has 0 atom stereocenters. The first kappa shape index (κ1) is 33.4. The SMILES string of the molecule is CC1(C)c2ccccc2-c2cccc(-c3ccccc3-c3ccc4ccc5c(-c6ccccc6-c6cccc7c6C(C)(C)c6ccccc6-7)ccc6ccc3c4c65)c21. The van der Waals surface area contributed by atoms with Crippen LogP contribution in [0.5, 0.6) is 0 Å². The van der Waals surface area contributed by atoms with Gasteiger partial charge in [0.05, 0.1) is 0 Å². The minimum absolute atomic E-state index is 0.107. The van der Waals surface area contributed by atoms with Crippen molar-refractivity contribution in [1.29, 1.82) is 0 Å². The fourth-order valence-corrected chi connectivity index (χ4v) is 11.3. The summed E-state index contributed by atoms with van der Waals surface area (Å²) in [5.74, 6) is 0. The van der Waals surface area contributed by atoms with Gasteiger partial charge in [-0.15, -0.1) is 0 Å². The summed E-state index contributed by atoms with van der Waals surface area (Å²) < 4.78 is 0. The van der Waals surface area contributed by atoms with Crippen molar-refractivity contribution in [2.24, 2.45) is 0 Å². The number of benzene rings is 10. The van der Waals surface area contributed by atoms with Crippen LogP contribution in [0, 0.1) is 0 Å². The molecule has 0 heteroatoms. The smallest absolute Gasteiger partial charge is 0.0165 e. The van der Waals surface area contributed by atoms with Crippen molar-refractivity contribution >= 4 is 32.3 Å². The van der Waals surface area contributed by atoms with Crippen LogP contribution in [-0.2, 0) is 10.8 Å². The summed E-state index contributed by atoms with van der Waals surface area (Å²) in [7, 11) is 0. The van der Waals surface area contributed by atoms with Gasteiger partial charge in [-0.25, -0.2) is 0 Å². The topological polar surface area (TPSA) is 0 Å². The van der Waals surface area contributed by atoms with E-state index in [0.29, 0.717) is 0 Å². The van der Waals surface area contributed by atoms with Crippen LogP contribution in [0.3, 0.4) is 0 Å². The number of rotatable bonds is 4. The quantitative estimate of drug-likeness (QED) is 0.158. The number of hydrogen-bond donors (Lipinski definition) is 0. The lowest BCUT2D eigenvalue weighted by Gasteiger charge is -2.26. The van der Waals surface area contributed by atoms with E-state index >= 15 is 0 Å². The second-order valence-electron chi connectivity index (χ2n) is 17.5. The number of fused-ring (bicyclic) bond motifs is 6. The van der Waals surface area contributed by atoms with Gasteiger partial charge >= 0.3 is 0 Å². The fourth-order valence-electron chi connectivity index (χ4n) is 11.3. The molecule has 274 valence electrons. The summed E-state index contributed by atoms with van der Waals surface area (Å²) in [6, 6.07) is 68.7. The standard InChI is InChI=1S/C58H42/c1-57(2)51-25-11-9-19-43(51)49-23-13-21-47(55(49)57)39-17-7-5-15-37(39)41-31-27-35-30-34-46-42(32-28-36-29-33-45(41)53(35)54(36)46)38-16-6-8-18-40(38)48-22-14-24-50-44-20-10-12-26-52(44)58(3,4)56(48)50/h5-34H,1-4H3. The zero-order valence-electron chi connectivity index (χ0n) is 33.3. The molecule has 0 spiro atoms. The summed E-state index contributed by atoms with van der Waals surface area (Å²) in [4.78, 5) is 0. The van der Waals surface area contributed by atoms with E-state index in [1.807, 2.05) is 0 Å². The molecule has 0 fully saturated rings. The van der Waals surface area contributed by atoms with E-state index < -0.39 is 0 Å². The third-order valence-corrected chi connectivity index (χ3v) is 13.8. The van der Waals surface area contributed by atoms with Gasteiger partial charge in [-0.1, -0.05) is 210 Å². The van der Waals surface area contributed by atoms with Crippen LogP contribution < -0.4 is 0 Å². The Kier molecular flexibility index (Phi) is 6.84. The predicted octanol–water partition coefficient (Wildman–Crippen LogP) is 15.9. The minimum atomic E-state index is -0.107. The predicted molar refractivity (Wildman–Crippen MR) is 247 cm³/mol. The van der Waals surface area contributed by atoms with Crippen molar-refractivity contribution in [3.63, 3.8) is 0 Å². The highest BCUT2D eigenvalue weighted by atomic mass is 14.4. The van der Waals surface area contributed by atoms with Crippen molar-refractivity contribution < 1.29 is 0 Å². The summed E-state index contributed by atoms with van der Waals surface area (Å²) in [5, 5.41) is 7.82. The molecule has 0 amide bonds. The maximum atomic E-state index is 2.39. The van der Waals surface area contributed by atoms with Crippen molar-refractivity contribution in [3.8, 4) is 66.8 Å². The summed E-state index contributed by atoms with van der Waals surface area (Å²) in [6.07, 6.45) is 0. The molecular weight excluding hydrogens is 697 g/mol. The average Bonchev–Trinajstić information content (AvgIpc) is 3.65. The molecule has 0 aromatic heterocycles.